The number of rotatable bonds is 2. The van der Waals surface area contributed by atoms with Crippen molar-refractivity contribution in [3.8, 4) is 0 Å². The van der Waals surface area contributed by atoms with Crippen molar-refractivity contribution in [3.05, 3.63) is 44.8 Å². The lowest BCUT2D eigenvalue weighted by atomic mass is 10.1. The maximum atomic E-state index is 11.7. The van der Waals surface area contributed by atoms with E-state index in [2.05, 4.69) is 20.9 Å². The molecular weight excluding hydrogens is 274 g/mol. The molecule has 0 unspecified atom stereocenters. The molecule has 0 amide bonds. The topological polar surface area (TPSA) is 70.2 Å². The smallest absolute Gasteiger partial charge is 0.309 e. The summed E-state index contributed by atoms with van der Waals surface area (Å²) in [6.07, 6.45) is -0.188. The number of aromatic amines is 1. The van der Waals surface area contributed by atoms with Gasteiger partial charge < -0.3 is 10.1 Å². The monoisotopic (exact) mass is 281 g/mol. The first-order valence-electron chi connectivity index (χ1n) is 4.60. The minimum atomic E-state index is -0.970. The molecule has 0 spiro atoms. The normalized spacial score (nSPS) is 10.6. The third-order valence-electron chi connectivity index (χ3n) is 2.23. The van der Waals surface area contributed by atoms with Gasteiger partial charge in [-0.1, -0.05) is 22.0 Å². The highest BCUT2D eigenvalue weighted by atomic mass is 79.9. The van der Waals surface area contributed by atoms with Gasteiger partial charge in [0.2, 0.25) is 0 Å². The molecule has 2 aromatic rings. The third kappa shape index (κ3) is 1.99. The first-order chi connectivity index (χ1) is 7.58. The Morgan fingerprint density at radius 1 is 1.38 bits per heavy atom. The van der Waals surface area contributed by atoms with E-state index in [1.807, 2.05) is 6.07 Å². The molecule has 0 fully saturated rings. The molecular formula is C11H8BrNO3. The molecule has 82 valence electrons. The molecule has 2 N–H and O–H groups in total. The molecule has 0 radical (unpaired) electrons. The second kappa shape index (κ2) is 4.09. The van der Waals surface area contributed by atoms with E-state index in [9.17, 15) is 9.59 Å². The van der Waals surface area contributed by atoms with Gasteiger partial charge in [-0.15, -0.1) is 0 Å². The van der Waals surface area contributed by atoms with Gasteiger partial charge in [-0.2, -0.15) is 0 Å². The number of halogens is 1. The summed E-state index contributed by atoms with van der Waals surface area (Å²) >= 11 is 3.33. The number of pyridine rings is 1. The van der Waals surface area contributed by atoms with Gasteiger partial charge in [-0.05, 0) is 18.2 Å². The lowest BCUT2D eigenvalue weighted by Crippen LogP contribution is -2.12. The zero-order valence-corrected chi connectivity index (χ0v) is 9.74. The van der Waals surface area contributed by atoms with E-state index in [-0.39, 0.29) is 12.0 Å². The molecule has 0 aliphatic heterocycles. The van der Waals surface area contributed by atoms with Gasteiger partial charge >= 0.3 is 5.97 Å². The number of hydrogen-bond donors (Lipinski definition) is 2. The zero-order valence-electron chi connectivity index (χ0n) is 8.16. The second-order valence-electron chi connectivity index (χ2n) is 3.40. The minimum absolute atomic E-state index is 0.188. The summed E-state index contributed by atoms with van der Waals surface area (Å²) in [4.78, 5) is 24.8. The van der Waals surface area contributed by atoms with Gasteiger partial charge in [-0.3, -0.25) is 9.59 Å². The van der Waals surface area contributed by atoms with Crippen LogP contribution in [0.2, 0.25) is 0 Å². The molecule has 1 aromatic heterocycles. The number of benzene rings is 1. The van der Waals surface area contributed by atoms with Crippen LogP contribution in [-0.4, -0.2) is 16.1 Å². The van der Waals surface area contributed by atoms with E-state index in [1.54, 1.807) is 18.2 Å². The lowest BCUT2D eigenvalue weighted by molar-refractivity contribution is -0.136. The summed E-state index contributed by atoms with van der Waals surface area (Å²) in [6, 6.07) is 6.95. The molecule has 0 saturated heterocycles. The number of nitrogens with one attached hydrogen (secondary N) is 1. The SMILES string of the molecule is O=C(O)Cc1cc2c(Br)cccc2c(=O)[nH]1. The van der Waals surface area contributed by atoms with E-state index < -0.39 is 5.97 Å². The number of fused-ring (bicyclic) bond motifs is 1. The number of hydrogen-bond acceptors (Lipinski definition) is 2. The van der Waals surface area contributed by atoms with Gasteiger partial charge in [-0.25, -0.2) is 0 Å². The highest BCUT2D eigenvalue weighted by molar-refractivity contribution is 9.10. The summed E-state index contributed by atoms with van der Waals surface area (Å²) in [5.41, 5.74) is 0.131. The molecule has 2 rings (SSSR count). The van der Waals surface area contributed by atoms with Crippen molar-refractivity contribution in [1.29, 1.82) is 0 Å². The molecule has 1 aromatic carbocycles. The molecule has 5 heteroatoms. The highest BCUT2D eigenvalue weighted by Gasteiger charge is 2.07. The fourth-order valence-corrected chi connectivity index (χ4v) is 2.04. The molecule has 0 atom stereocenters. The summed E-state index contributed by atoms with van der Waals surface area (Å²) in [5.74, 6) is -0.970. The number of carboxylic acid groups (broad SMARTS) is 1. The summed E-state index contributed by atoms with van der Waals surface area (Å²) in [7, 11) is 0. The van der Waals surface area contributed by atoms with Crippen molar-refractivity contribution in [2.24, 2.45) is 0 Å². The van der Waals surface area contributed by atoms with E-state index >= 15 is 0 Å². The number of carbonyl (C=O) groups is 1. The molecule has 1 heterocycles. The Bertz CT molecular complexity index is 618. The second-order valence-corrected chi connectivity index (χ2v) is 4.25. The first-order valence-corrected chi connectivity index (χ1v) is 5.39. The maximum Gasteiger partial charge on any atom is 0.309 e. The lowest BCUT2D eigenvalue weighted by Gasteiger charge is -2.02. The van der Waals surface area contributed by atoms with Gasteiger partial charge in [0.1, 0.15) is 0 Å². The number of H-pyrrole nitrogens is 1. The summed E-state index contributed by atoms with van der Waals surface area (Å²) < 4.78 is 0.780. The van der Waals surface area contributed by atoms with Crippen molar-refractivity contribution >= 4 is 32.7 Å². The fourth-order valence-electron chi connectivity index (χ4n) is 1.56. The molecule has 16 heavy (non-hydrogen) atoms. The Balaban J connectivity index is 2.70. The summed E-state index contributed by atoms with van der Waals surface area (Å²) in [5, 5.41) is 9.93. The third-order valence-corrected chi connectivity index (χ3v) is 2.92. The van der Waals surface area contributed by atoms with Crippen molar-refractivity contribution < 1.29 is 9.90 Å². The van der Waals surface area contributed by atoms with Crippen LogP contribution in [0.3, 0.4) is 0 Å². The van der Waals surface area contributed by atoms with E-state index in [1.165, 1.54) is 0 Å². The van der Waals surface area contributed by atoms with Crippen molar-refractivity contribution in [1.82, 2.24) is 4.98 Å². The Morgan fingerprint density at radius 3 is 2.81 bits per heavy atom. The average molecular weight is 282 g/mol. The molecule has 0 bridgehead atoms. The van der Waals surface area contributed by atoms with Crippen molar-refractivity contribution in [2.75, 3.05) is 0 Å². The van der Waals surface area contributed by atoms with Crippen LogP contribution in [0.5, 0.6) is 0 Å². The molecule has 0 saturated carbocycles. The van der Waals surface area contributed by atoms with Gasteiger partial charge in [0.25, 0.3) is 5.56 Å². The number of carboxylic acids is 1. The Hall–Kier alpha value is -1.62. The Morgan fingerprint density at radius 2 is 2.12 bits per heavy atom. The van der Waals surface area contributed by atoms with E-state index in [0.717, 1.165) is 9.86 Å². The Kier molecular flexibility index (Phi) is 2.78. The van der Waals surface area contributed by atoms with E-state index in [4.69, 9.17) is 5.11 Å². The molecule has 0 aliphatic rings. The highest BCUT2D eigenvalue weighted by Crippen LogP contribution is 2.21. The van der Waals surface area contributed by atoms with Crippen LogP contribution in [0, 0.1) is 0 Å². The standard InChI is InChI=1S/C11H8BrNO3/c12-9-3-1-2-7-8(9)4-6(5-10(14)15)13-11(7)16/h1-4H,5H2,(H,13,16)(H,14,15). The van der Waals surface area contributed by atoms with E-state index in [0.29, 0.717) is 11.1 Å². The van der Waals surface area contributed by atoms with Crippen LogP contribution >= 0.6 is 15.9 Å². The van der Waals surface area contributed by atoms with Crippen LogP contribution < -0.4 is 5.56 Å². The minimum Gasteiger partial charge on any atom is -0.481 e. The number of aromatic nitrogens is 1. The van der Waals surface area contributed by atoms with Crippen LogP contribution in [0.4, 0.5) is 0 Å². The zero-order chi connectivity index (χ0) is 11.7. The van der Waals surface area contributed by atoms with Crippen LogP contribution in [0.1, 0.15) is 5.69 Å². The van der Waals surface area contributed by atoms with Crippen LogP contribution in [-0.2, 0) is 11.2 Å². The van der Waals surface area contributed by atoms with Crippen molar-refractivity contribution in [3.63, 3.8) is 0 Å². The summed E-state index contributed by atoms with van der Waals surface area (Å²) in [6.45, 7) is 0. The first kappa shape index (κ1) is 10.9. The van der Waals surface area contributed by atoms with Crippen molar-refractivity contribution in [2.45, 2.75) is 6.42 Å². The van der Waals surface area contributed by atoms with Gasteiger partial charge in [0.05, 0.1) is 6.42 Å². The van der Waals surface area contributed by atoms with Gasteiger partial charge in [0, 0.05) is 20.9 Å². The largest absolute Gasteiger partial charge is 0.481 e. The molecule has 0 aliphatic carbocycles. The van der Waals surface area contributed by atoms with Crippen LogP contribution in [0.25, 0.3) is 10.8 Å². The Labute approximate surface area is 99.0 Å². The predicted octanol–water partition coefficient (Wildman–Crippen LogP) is 1.92. The number of aliphatic carboxylic acids is 1. The fraction of sp³-hybridized carbons (Fsp3) is 0.0909. The average Bonchev–Trinajstić information content (AvgIpc) is 2.19. The predicted molar refractivity (Wildman–Crippen MR) is 63.6 cm³/mol. The quantitative estimate of drug-likeness (QED) is 0.884. The van der Waals surface area contributed by atoms with Gasteiger partial charge in [0.15, 0.2) is 0 Å². The maximum absolute atomic E-state index is 11.7. The van der Waals surface area contributed by atoms with Crippen LogP contribution in [0.15, 0.2) is 33.5 Å². The molecule has 4 nitrogen and oxygen atoms in total.